The van der Waals surface area contributed by atoms with Crippen molar-refractivity contribution in [3.05, 3.63) is 17.7 Å². The minimum Gasteiger partial charge on any atom is -0.454 e. The van der Waals surface area contributed by atoms with E-state index in [1.807, 2.05) is 0 Å². The van der Waals surface area contributed by atoms with Gasteiger partial charge in [-0.1, -0.05) is 0 Å². The molecule has 3 heterocycles. The van der Waals surface area contributed by atoms with Crippen molar-refractivity contribution in [1.29, 1.82) is 0 Å². The zero-order valence-corrected chi connectivity index (χ0v) is 15.5. The fourth-order valence-electron chi connectivity index (χ4n) is 3.98. The minimum absolute atomic E-state index is 0. The van der Waals surface area contributed by atoms with Crippen molar-refractivity contribution in [1.82, 2.24) is 9.62 Å². The van der Waals surface area contributed by atoms with Crippen LogP contribution in [0.3, 0.4) is 0 Å². The Kier molecular flexibility index (Phi) is 4.72. The maximum absolute atomic E-state index is 13.1. The summed E-state index contributed by atoms with van der Waals surface area (Å²) in [5.41, 5.74) is 0.693. The second-order valence-electron chi connectivity index (χ2n) is 6.76. The number of nitrogens with zero attached hydrogens (tertiary/aromatic N) is 1. The van der Waals surface area contributed by atoms with Crippen molar-refractivity contribution in [2.24, 2.45) is 0 Å². The summed E-state index contributed by atoms with van der Waals surface area (Å²) >= 11 is 0. The molecule has 4 rings (SSSR count). The lowest BCUT2D eigenvalue weighted by atomic mass is 10.0. The standard InChI is InChI=1S/C16H22N2O4S.ClH/c1-10-5-14-15(22-9-21-14)8-16(10)23(19,20)18(2)13-6-11-3-4-12(7-13)17-11;/h5,8,11-13,17H,3-4,6-7,9H2,1-2H3;1H. The van der Waals surface area contributed by atoms with Crippen LogP contribution in [0.4, 0.5) is 0 Å². The van der Waals surface area contributed by atoms with Gasteiger partial charge in [-0.3, -0.25) is 0 Å². The molecule has 6 nitrogen and oxygen atoms in total. The van der Waals surface area contributed by atoms with Crippen LogP contribution in [0.1, 0.15) is 31.2 Å². The third-order valence-electron chi connectivity index (χ3n) is 5.29. The van der Waals surface area contributed by atoms with Gasteiger partial charge in [0, 0.05) is 31.2 Å². The first-order valence-electron chi connectivity index (χ1n) is 8.09. The molecule has 1 N–H and O–H groups in total. The zero-order valence-electron chi connectivity index (χ0n) is 13.8. The highest BCUT2D eigenvalue weighted by Gasteiger charge is 2.39. The van der Waals surface area contributed by atoms with Crippen LogP contribution in [0.2, 0.25) is 0 Å². The molecule has 0 aliphatic carbocycles. The van der Waals surface area contributed by atoms with E-state index in [2.05, 4.69) is 5.32 Å². The van der Waals surface area contributed by atoms with E-state index in [9.17, 15) is 8.42 Å². The Balaban J connectivity index is 0.00000169. The number of halogens is 1. The highest BCUT2D eigenvalue weighted by molar-refractivity contribution is 7.89. The third-order valence-corrected chi connectivity index (χ3v) is 7.34. The molecule has 3 aliphatic rings. The highest BCUT2D eigenvalue weighted by atomic mass is 35.5. The van der Waals surface area contributed by atoms with E-state index in [-0.39, 0.29) is 25.2 Å². The molecule has 24 heavy (non-hydrogen) atoms. The number of rotatable bonds is 3. The van der Waals surface area contributed by atoms with Crippen molar-refractivity contribution in [3.63, 3.8) is 0 Å². The Labute approximate surface area is 149 Å². The van der Waals surface area contributed by atoms with Crippen molar-refractivity contribution in [2.75, 3.05) is 13.8 Å². The molecule has 1 aromatic rings. The molecule has 134 valence electrons. The van der Waals surface area contributed by atoms with Gasteiger partial charge in [-0.25, -0.2) is 8.42 Å². The molecular formula is C16H23ClN2O4S. The Morgan fingerprint density at radius 3 is 2.33 bits per heavy atom. The van der Waals surface area contributed by atoms with Crippen molar-refractivity contribution in [3.8, 4) is 11.5 Å². The maximum Gasteiger partial charge on any atom is 0.243 e. The van der Waals surface area contributed by atoms with Gasteiger partial charge >= 0.3 is 0 Å². The monoisotopic (exact) mass is 374 g/mol. The van der Waals surface area contributed by atoms with Gasteiger partial charge in [-0.05, 0) is 44.2 Å². The quantitative estimate of drug-likeness (QED) is 0.877. The summed E-state index contributed by atoms with van der Waals surface area (Å²) in [5, 5.41) is 3.55. The lowest BCUT2D eigenvalue weighted by Gasteiger charge is -2.35. The van der Waals surface area contributed by atoms with Crippen LogP contribution in [0, 0.1) is 6.92 Å². The summed E-state index contributed by atoms with van der Waals surface area (Å²) in [6.07, 6.45) is 4.07. The molecule has 0 spiro atoms. The van der Waals surface area contributed by atoms with E-state index in [4.69, 9.17) is 9.47 Å². The van der Waals surface area contributed by atoms with E-state index in [0.29, 0.717) is 34.0 Å². The van der Waals surface area contributed by atoms with Gasteiger partial charge in [0.1, 0.15) is 0 Å². The second kappa shape index (κ2) is 6.37. The van der Waals surface area contributed by atoms with Gasteiger partial charge in [0.05, 0.1) is 4.90 Å². The van der Waals surface area contributed by atoms with Crippen LogP contribution in [0.25, 0.3) is 0 Å². The molecule has 0 aromatic heterocycles. The van der Waals surface area contributed by atoms with E-state index < -0.39 is 10.0 Å². The normalized spacial score (nSPS) is 28.0. The van der Waals surface area contributed by atoms with Gasteiger partial charge in [-0.15, -0.1) is 12.4 Å². The van der Waals surface area contributed by atoms with Gasteiger partial charge in [0.2, 0.25) is 16.8 Å². The molecule has 8 heteroatoms. The summed E-state index contributed by atoms with van der Waals surface area (Å²) in [6, 6.07) is 4.31. The Morgan fingerprint density at radius 2 is 1.71 bits per heavy atom. The third kappa shape index (κ3) is 2.87. The Morgan fingerprint density at radius 1 is 1.12 bits per heavy atom. The predicted octanol–water partition coefficient (Wildman–Crippen LogP) is 2.05. The first-order chi connectivity index (χ1) is 10.9. The van der Waals surface area contributed by atoms with Crippen molar-refractivity contribution < 1.29 is 17.9 Å². The first kappa shape index (κ1) is 17.8. The van der Waals surface area contributed by atoms with Crippen LogP contribution >= 0.6 is 12.4 Å². The SMILES string of the molecule is Cc1cc2c(cc1S(=O)(=O)N(C)C1CC3CCC(C1)N3)OCO2.Cl. The van der Waals surface area contributed by atoms with Crippen LogP contribution < -0.4 is 14.8 Å². The molecule has 0 radical (unpaired) electrons. The summed E-state index contributed by atoms with van der Waals surface area (Å²) in [7, 11) is -1.84. The van der Waals surface area contributed by atoms with Crippen molar-refractivity contribution in [2.45, 2.75) is 55.6 Å². The lowest BCUT2D eigenvalue weighted by Crippen LogP contribution is -2.48. The van der Waals surface area contributed by atoms with Gasteiger partial charge in [0.25, 0.3) is 0 Å². The summed E-state index contributed by atoms with van der Waals surface area (Å²) < 4.78 is 38.4. The van der Waals surface area contributed by atoms with Gasteiger partial charge in [0.15, 0.2) is 11.5 Å². The number of hydrogen-bond acceptors (Lipinski definition) is 5. The van der Waals surface area contributed by atoms with Crippen molar-refractivity contribution >= 4 is 22.4 Å². The number of piperidine rings is 1. The molecule has 2 saturated heterocycles. The Hall–Kier alpha value is -1.02. The molecule has 3 aliphatic heterocycles. The summed E-state index contributed by atoms with van der Waals surface area (Å²) in [4.78, 5) is 0.315. The van der Waals surface area contributed by atoms with Gasteiger partial charge in [-0.2, -0.15) is 4.31 Å². The first-order valence-corrected chi connectivity index (χ1v) is 9.53. The smallest absolute Gasteiger partial charge is 0.243 e. The van der Waals surface area contributed by atoms with E-state index >= 15 is 0 Å². The fourth-order valence-corrected chi connectivity index (χ4v) is 5.58. The predicted molar refractivity (Wildman–Crippen MR) is 92.5 cm³/mol. The minimum atomic E-state index is -3.54. The number of ether oxygens (including phenoxy) is 2. The highest BCUT2D eigenvalue weighted by Crippen LogP contribution is 2.38. The van der Waals surface area contributed by atoms with E-state index in [1.165, 1.54) is 0 Å². The number of nitrogens with one attached hydrogen (secondary N) is 1. The molecule has 2 atom stereocenters. The van der Waals surface area contributed by atoms with Crippen LogP contribution in [-0.4, -0.2) is 44.7 Å². The number of sulfonamides is 1. The fraction of sp³-hybridized carbons (Fsp3) is 0.625. The molecule has 0 amide bonds. The van der Waals surface area contributed by atoms with Crippen LogP contribution in [0.15, 0.2) is 17.0 Å². The van der Waals surface area contributed by atoms with E-state index in [0.717, 1.165) is 25.7 Å². The second-order valence-corrected chi connectivity index (χ2v) is 8.72. The van der Waals surface area contributed by atoms with Gasteiger partial charge < -0.3 is 14.8 Å². The average Bonchev–Trinajstić information content (AvgIpc) is 3.10. The Bertz CT molecular complexity index is 728. The number of benzene rings is 1. The zero-order chi connectivity index (χ0) is 16.2. The average molecular weight is 375 g/mol. The molecule has 2 bridgehead atoms. The summed E-state index contributed by atoms with van der Waals surface area (Å²) in [6.45, 7) is 1.95. The maximum atomic E-state index is 13.1. The number of hydrogen-bond donors (Lipinski definition) is 1. The molecular weight excluding hydrogens is 352 g/mol. The lowest BCUT2D eigenvalue weighted by molar-refractivity contribution is 0.174. The number of fused-ring (bicyclic) bond motifs is 3. The van der Waals surface area contributed by atoms with Crippen LogP contribution in [-0.2, 0) is 10.0 Å². The summed E-state index contributed by atoms with van der Waals surface area (Å²) in [5.74, 6) is 1.12. The van der Waals surface area contributed by atoms with Crippen LogP contribution in [0.5, 0.6) is 11.5 Å². The van der Waals surface area contributed by atoms with E-state index in [1.54, 1.807) is 30.4 Å². The molecule has 0 saturated carbocycles. The topological polar surface area (TPSA) is 67.9 Å². The molecule has 2 fully saturated rings. The molecule has 1 aromatic carbocycles. The molecule has 2 unspecified atom stereocenters. The largest absolute Gasteiger partial charge is 0.454 e. The number of aryl methyl sites for hydroxylation is 1.